The topological polar surface area (TPSA) is 175 Å². The Balaban J connectivity index is 1.64. The predicted octanol–water partition coefficient (Wildman–Crippen LogP) is -1.59. The summed E-state index contributed by atoms with van der Waals surface area (Å²) >= 11 is 0. The van der Waals surface area contributed by atoms with E-state index in [2.05, 4.69) is 4.98 Å². The first kappa shape index (κ1) is 22.1. The number of ether oxygens (including phenoxy) is 1. The van der Waals surface area contributed by atoms with Crippen LogP contribution in [0.5, 0.6) is 11.5 Å². The Morgan fingerprint density at radius 2 is 2.07 bits per heavy atom. The van der Waals surface area contributed by atoms with E-state index in [1.807, 2.05) is 0 Å². The molecular weight excluding hydrogens is 395 g/mol. The van der Waals surface area contributed by atoms with Crippen LogP contribution in [0.1, 0.15) is 29.2 Å². The Morgan fingerprint density at radius 3 is 2.63 bits per heavy atom. The molecule has 0 bridgehead atoms. The van der Waals surface area contributed by atoms with E-state index in [1.165, 1.54) is 23.2 Å². The molecular formula is C18H25BN4O7. The van der Waals surface area contributed by atoms with Gasteiger partial charge in [0, 0.05) is 7.05 Å². The number of hydrogen-bond donors (Lipinski definition) is 6. The summed E-state index contributed by atoms with van der Waals surface area (Å²) in [6.07, 6.45) is 0.798. The number of rotatable bonds is 8. The van der Waals surface area contributed by atoms with Gasteiger partial charge in [-0.05, 0) is 24.4 Å². The van der Waals surface area contributed by atoms with Crippen LogP contribution in [0.4, 0.5) is 0 Å². The summed E-state index contributed by atoms with van der Waals surface area (Å²) in [5.41, 5.74) is 6.71. The molecule has 3 rings (SSSR count). The van der Waals surface area contributed by atoms with Crippen LogP contribution in [-0.4, -0.2) is 72.0 Å². The van der Waals surface area contributed by atoms with Gasteiger partial charge in [-0.25, -0.2) is 4.98 Å². The number of nitrogens with zero attached hydrogens (tertiary/aromatic N) is 3. The van der Waals surface area contributed by atoms with E-state index < -0.39 is 25.6 Å². The van der Waals surface area contributed by atoms with E-state index in [0.29, 0.717) is 11.3 Å². The fourth-order valence-electron chi connectivity index (χ4n) is 3.34. The third-order valence-corrected chi connectivity index (χ3v) is 5.08. The van der Waals surface area contributed by atoms with Crippen molar-refractivity contribution in [1.29, 1.82) is 0 Å². The number of imidazole rings is 1. The number of carbonyl (C=O) groups excluding carboxylic acids is 1. The number of hydrogen-bond acceptors (Lipinski definition) is 9. The van der Waals surface area contributed by atoms with Gasteiger partial charge in [0.25, 0.3) is 0 Å². The van der Waals surface area contributed by atoms with Gasteiger partial charge in [-0.15, -0.1) is 0 Å². The molecule has 0 saturated carbocycles. The maximum absolute atomic E-state index is 12.5. The van der Waals surface area contributed by atoms with Crippen molar-refractivity contribution in [1.82, 2.24) is 14.5 Å². The normalized spacial score (nSPS) is 15.2. The van der Waals surface area contributed by atoms with Gasteiger partial charge in [-0.2, -0.15) is 0 Å². The molecule has 1 fully saturated rings. The minimum Gasteiger partial charge on any atom is -0.507 e. The summed E-state index contributed by atoms with van der Waals surface area (Å²) in [6, 6.07) is 2.14. The molecule has 1 atom stereocenters. The van der Waals surface area contributed by atoms with Crippen molar-refractivity contribution in [2.75, 3.05) is 13.1 Å². The highest BCUT2D eigenvalue weighted by molar-refractivity contribution is 6.41. The molecule has 1 aromatic carbocycles. The smallest absolute Gasteiger partial charge is 0.451 e. The lowest BCUT2D eigenvalue weighted by Gasteiger charge is -2.40. The van der Waals surface area contributed by atoms with Crippen molar-refractivity contribution in [3.05, 3.63) is 41.5 Å². The lowest BCUT2D eigenvalue weighted by Crippen LogP contribution is -2.58. The molecule has 162 valence electrons. The number of amides is 1. The fraction of sp³-hybridized carbons (Fsp3) is 0.444. The number of likely N-dealkylation sites (tertiary alicyclic amines) is 1. The Hall–Kier alpha value is -2.64. The van der Waals surface area contributed by atoms with Gasteiger partial charge in [0.05, 0.1) is 36.9 Å². The average molecular weight is 420 g/mol. The molecule has 1 aromatic heterocycles. The summed E-state index contributed by atoms with van der Waals surface area (Å²) < 4.78 is 7.42. The van der Waals surface area contributed by atoms with Crippen molar-refractivity contribution in [3.8, 4) is 11.5 Å². The summed E-state index contributed by atoms with van der Waals surface area (Å²) in [7, 11) is 0.204. The molecule has 30 heavy (non-hydrogen) atoms. The van der Waals surface area contributed by atoms with Gasteiger partial charge in [0.15, 0.2) is 6.29 Å². The second-order valence-corrected chi connectivity index (χ2v) is 7.27. The first-order chi connectivity index (χ1) is 14.2. The number of aliphatic hydroxyl groups is 2. The van der Waals surface area contributed by atoms with Crippen LogP contribution in [0.3, 0.4) is 0 Å². The number of carbonyl (C=O) groups is 1. The van der Waals surface area contributed by atoms with E-state index in [1.54, 1.807) is 17.9 Å². The molecule has 1 saturated heterocycles. The molecule has 7 N–H and O–H groups in total. The molecule has 1 amide bonds. The number of aromatic nitrogens is 2. The predicted molar refractivity (Wildman–Crippen MR) is 105 cm³/mol. The zero-order valence-corrected chi connectivity index (χ0v) is 16.4. The van der Waals surface area contributed by atoms with Gasteiger partial charge in [-0.3, -0.25) is 4.79 Å². The highest BCUT2D eigenvalue weighted by Crippen LogP contribution is 2.37. The van der Waals surface area contributed by atoms with E-state index in [4.69, 9.17) is 20.5 Å². The number of phenols is 1. The highest BCUT2D eigenvalue weighted by Gasteiger charge is 2.36. The van der Waals surface area contributed by atoms with E-state index >= 15 is 0 Å². The Labute approximate surface area is 173 Å². The number of phenolic OH excluding ortho intramolecular Hbond substituents is 1. The molecule has 1 aliphatic heterocycles. The minimum absolute atomic E-state index is 0.0225. The maximum Gasteiger partial charge on any atom is 0.451 e. The number of benzene rings is 1. The standard InChI is InChI=1S/C18H25BN4O7/c1-22-9-21-6-12(22)15(20)17(25)23-7-11(8-23)30-13-3-2-10(4-5-19(28)29)16(24)14(13)18(26)27/h2-3,6,9,11,15,18,24,26-29H,4-5,7-8,20H2,1H3. The first-order valence-corrected chi connectivity index (χ1v) is 9.43. The third-order valence-electron chi connectivity index (χ3n) is 5.08. The zero-order chi connectivity index (χ0) is 22.0. The Kier molecular flexibility index (Phi) is 6.63. The van der Waals surface area contributed by atoms with Crippen LogP contribution in [-0.2, 0) is 18.3 Å². The van der Waals surface area contributed by atoms with E-state index in [-0.39, 0.29) is 48.8 Å². The van der Waals surface area contributed by atoms with Crippen LogP contribution < -0.4 is 10.5 Å². The minimum atomic E-state index is -1.99. The third kappa shape index (κ3) is 4.58. The number of aryl methyl sites for hydroxylation is 2. The van der Waals surface area contributed by atoms with Crippen molar-refractivity contribution < 1.29 is 34.9 Å². The van der Waals surface area contributed by atoms with Crippen molar-refractivity contribution in [2.45, 2.75) is 31.2 Å². The van der Waals surface area contributed by atoms with E-state index in [0.717, 1.165) is 0 Å². The zero-order valence-electron chi connectivity index (χ0n) is 16.4. The fourth-order valence-corrected chi connectivity index (χ4v) is 3.34. The molecule has 0 spiro atoms. The largest absolute Gasteiger partial charge is 0.507 e. The van der Waals surface area contributed by atoms with Crippen LogP contribution in [0.2, 0.25) is 6.32 Å². The molecule has 1 unspecified atom stereocenters. The van der Waals surface area contributed by atoms with Crippen LogP contribution in [0.25, 0.3) is 0 Å². The number of nitrogens with two attached hydrogens (primary N) is 1. The molecule has 0 aliphatic carbocycles. The SMILES string of the molecule is Cn1cncc1C(N)C(=O)N1CC(Oc2ccc(CCB(O)O)c(O)c2C(O)O)C1. The van der Waals surface area contributed by atoms with Gasteiger partial charge in [0.1, 0.15) is 23.6 Å². The van der Waals surface area contributed by atoms with Crippen molar-refractivity contribution >= 4 is 13.0 Å². The van der Waals surface area contributed by atoms with E-state index in [9.17, 15) is 20.1 Å². The number of aromatic hydroxyl groups is 1. The highest BCUT2D eigenvalue weighted by atomic mass is 16.5. The Bertz CT molecular complexity index is 899. The molecule has 0 radical (unpaired) electrons. The molecule has 2 aromatic rings. The number of aliphatic hydroxyl groups excluding tert-OH is 1. The molecule has 2 heterocycles. The lowest BCUT2D eigenvalue weighted by molar-refractivity contribution is -0.141. The lowest BCUT2D eigenvalue weighted by atomic mass is 9.82. The van der Waals surface area contributed by atoms with Crippen molar-refractivity contribution in [3.63, 3.8) is 0 Å². The van der Waals surface area contributed by atoms with Crippen LogP contribution >= 0.6 is 0 Å². The quantitative estimate of drug-likeness (QED) is 0.217. The first-order valence-electron chi connectivity index (χ1n) is 9.43. The van der Waals surface area contributed by atoms with Crippen LogP contribution in [0, 0.1) is 0 Å². The Morgan fingerprint density at radius 1 is 1.37 bits per heavy atom. The molecule has 11 nitrogen and oxygen atoms in total. The van der Waals surface area contributed by atoms with Gasteiger partial charge in [0.2, 0.25) is 5.91 Å². The summed E-state index contributed by atoms with van der Waals surface area (Å²) in [4.78, 5) is 18.0. The van der Waals surface area contributed by atoms with Gasteiger partial charge in [-0.1, -0.05) is 6.07 Å². The molecule has 12 heteroatoms. The monoisotopic (exact) mass is 420 g/mol. The van der Waals surface area contributed by atoms with Gasteiger partial charge >= 0.3 is 7.12 Å². The molecule has 1 aliphatic rings. The van der Waals surface area contributed by atoms with Crippen LogP contribution in [0.15, 0.2) is 24.7 Å². The summed E-state index contributed by atoms with van der Waals surface area (Å²) in [6.45, 7) is 0.509. The van der Waals surface area contributed by atoms with Crippen molar-refractivity contribution in [2.24, 2.45) is 12.8 Å². The summed E-state index contributed by atoms with van der Waals surface area (Å²) in [5.74, 6) is -0.584. The second kappa shape index (κ2) is 9.02. The average Bonchev–Trinajstić information content (AvgIpc) is 3.07. The van der Waals surface area contributed by atoms with Gasteiger partial charge < -0.3 is 45.3 Å². The maximum atomic E-state index is 12.5. The summed E-state index contributed by atoms with van der Waals surface area (Å²) in [5, 5.41) is 47.6. The second-order valence-electron chi connectivity index (χ2n) is 7.27.